The SMILES string of the molecule is CCC1CC(CCC(C)CC(C)C(C)C(C)(C)C)C1. The van der Waals surface area contributed by atoms with Crippen LogP contribution in [0.4, 0.5) is 0 Å². The molecule has 0 bridgehead atoms. The van der Waals surface area contributed by atoms with Gasteiger partial charge in [0.2, 0.25) is 0 Å². The highest BCUT2D eigenvalue weighted by Gasteiger charge is 2.29. The number of hydrogen-bond donors (Lipinski definition) is 0. The second kappa shape index (κ2) is 7.14. The lowest BCUT2D eigenvalue weighted by atomic mass is 9.69. The third-order valence-corrected chi connectivity index (χ3v) is 5.97. The third-order valence-electron chi connectivity index (χ3n) is 5.97. The minimum absolute atomic E-state index is 0.460. The van der Waals surface area contributed by atoms with E-state index in [9.17, 15) is 0 Å². The van der Waals surface area contributed by atoms with E-state index in [0.29, 0.717) is 5.41 Å². The third kappa shape index (κ3) is 5.48. The maximum Gasteiger partial charge on any atom is -0.0354 e. The van der Waals surface area contributed by atoms with E-state index in [1.165, 1.54) is 38.5 Å². The fourth-order valence-electron chi connectivity index (χ4n) is 3.77. The Morgan fingerprint density at radius 1 is 1.00 bits per heavy atom. The van der Waals surface area contributed by atoms with Crippen molar-refractivity contribution >= 4 is 0 Å². The quantitative estimate of drug-likeness (QED) is 0.490. The predicted octanol–water partition coefficient (Wildman–Crippen LogP) is 6.55. The molecular weight excluding hydrogens is 228 g/mol. The van der Waals surface area contributed by atoms with Crippen LogP contribution in [0.2, 0.25) is 0 Å². The van der Waals surface area contributed by atoms with Gasteiger partial charge in [-0.2, -0.15) is 0 Å². The average molecular weight is 267 g/mol. The molecule has 0 amide bonds. The molecule has 114 valence electrons. The van der Waals surface area contributed by atoms with Gasteiger partial charge in [0.05, 0.1) is 0 Å². The van der Waals surface area contributed by atoms with Crippen LogP contribution in [0.1, 0.15) is 87.0 Å². The molecule has 0 heterocycles. The highest BCUT2D eigenvalue weighted by molar-refractivity contribution is 4.80. The highest BCUT2D eigenvalue weighted by atomic mass is 14.3. The summed E-state index contributed by atoms with van der Waals surface area (Å²) in [5, 5.41) is 0. The topological polar surface area (TPSA) is 0 Å². The predicted molar refractivity (Wildman–Crippen MR) is 87.3 cm³/mol. The molecule has 0 heteroatoms. The van der Waals surface area contributed by atoms with E-state index in [0.717, 1.165) is 29.6 Å². The molecule has 1 fully saturated rings. The van der Waals surface area contributed by atoms with Crippen molar-refractivity contribution in [1.82, 2.24) is 0 Å². The standard InChI is InChI=1S/C19H38/c1-8-17-12-18(13-17)10-9-14(2)11-15(3)16(4)19(5,6)7/h14-18H,8-13H2,1-7H3. The van der Waals surface area contributed by atoms with E-state index in [4.69, 9.17) is 0 Å². The van der Waals surface area contributed by atoms with E-state index in [1.54, 1.807) is 0 Å². The van der Waals surface area contributed by atoms with Gasteiger partial charge in [0.1, 0.15) is 0 Å². The van der Waals surface area contributed by atoms with Gasteiger partial charge < -0.3 is 0 Å². The van der Waals surface area contributed by atoms with Gasteiger partial charge in [-0.3, -0.25) is 0 Å². The monoisotopic (exact) mass is 266 g/mol. The lowest BCUT2D eigenvalue weighted by molar-refractivity contribution is 0.146. The zero-order valence-electron chi connectivity index (χ0n) is 14.6. The summed E-state index contributed by atoms with van der Waals surface area (Å²) in [7, 11) is 0. The molecule has 0 spiro atoms. The van der Waals surface area contributed by atoms with Gasteiger partial charge in [0, 0.05) is 0 Å². The molecule has 19 heavy (non-hydrogen) atoms. The van der Waals surface area contributed by atoms with Crippen LogP contribution in [0, 0.1) is 35.0 Å². The van der Waals surface area contributed by atoms with Gasteiger partial charge in [0.25, 0.3) is 0 Å². The Hall–Kier alpha value is 0. The summed E-state index contributed by atoms with van der Waals surface area (Å²) in [6.07, 6.45) is 8.83. The van der Waals surface area contributed by atoms with Crippen LogP contribution >= 0.6 is 0 Å². The molecule has 1 saturated carbocycles. The van der Waals surface area contributed by atoms with Crippen LogP contribution < -0.4 is 0 Å². The Morgan fingerprint density at radius 3 is 2.05 bits per heavy atom. The van der Waals surface area contributed by atoms with Crippen molar-refractivity contribution in [2.24, 2.45) is 35.0 Å². The normalized spacial score (nSPS) is 28.6. The summed E-state index contributed by atoms with van der Waals surface area (Å²) >= 11 is 0. The first-order valence-corrected chi connectivity index (χ1v) is 8.74. The minimum Gasteiger partial charge on any atom is -0.0651 e. The fraction of sp³-hybridized carbons (Fsp3) is 1.00. The first-order chi connectivity index (χ1) is 8.74. The van der Waals surface area contributed by atoms with Crippen LogP contribution in [-0.2, 0) is 0 Å². The van der Waals surface area contributed by atoms with Crippen LogP contribution in [0.25, 0.3) is 0 Å². The molecule has 0 radical (unpaired) electrons. The molecule has 3 atom stereocenters. The molecule has 0 N–H and O–H groups in total. The first kappa shape index (κ1) is 17.1. The van der Waals surface area contributed by atoms with Crippen molar-refractivity contribution < 1.29 is 0 Å². The molecule has 3 unspecified atom stereocenters. The average Bonchev–Trinajstić information content (AvgIpc) is 2.24. The Kier molecular flexibility index (Phi) is 6.40. The maximum atomic E-state index is 2.47. The lowest BCUT2D eigenvalue weighted by Crippen LogP contribution is -2.26. The Morgan fingerprint density at radius 2 is 1.58 bits per heavy atom. The van der Waals surface area contributed by atoms with E-state index < -0.39 is 0 Å². The zero-order chi connectivity index (χ0) is 14.6. The highest BCUT2D eigenvalue weighted by Crippen LogP contribution is 2.40. The smallest absolute Gasteiger partial charge is 0.0354 e. The van der Waals surface area contributed by atoms with E-state index in [-0.39, 0.29) is 0 Å². The van der Waals surface area contributed by atoms with Crippen molar-refractivity contribution in [2.75, 3.05) is 0 Å². The van der Waals surface area contributed by atoms with E-state index in [2.05, 4.69) is 48.5 Å². The van der Waals surface area contributed by atoms with Gasteiger partial charge in [-0.15, -0.1) is 0 Å². The summed E-state index contributed by atoms with van der Waals surface area (Å²) in [5.74, 6) is 4.74. The van der Waals surface area contributed by atoms with Crippen LogP contribution in [-0.4, -0.2) is 0 Å². The van der Waals surface area contributed by atoms with Gasteiger partial charge in [-0.05, 0) is 54.3 Å². The van der Waals surface area contributed by atoms with Gasteiger partial charge in [0.15, 0.2) is 0 Å². The Balaban J connectivity index is 2.18. The van der Waals surface area contributed by atoms with Crippen LogP contribution in [0.5, 0.6) is 0 Å². The lowest BCUT2D eigenvalue weighted by Gasteiger charge is -2.36. The summed E-state index contributed by atoms with van der Waals surface area (Å²) in [4.78, 5) is 0. The minimum atomic E-state index is 0.460. The van der Waals surface area contributed by atoms with Gasteiger partial charge in [-0.25, -0.2) is 0 Å². The van der Waals surface area contributed by atoms with Crippen molar-refractivity contribution in [3.8, 4) is 0 Å². The van der Waals surface area contributed by atoms with Crippen molar-refractivity contribution in [2.45, 2.75) is 87.0 Å². The molecule has 0 aromatic heterocycles. The molecule has 0 saturated heterocycles. The summed E-state index contributed by atoms with van der Waals surface area (Å²) in [6.45, 7) is 16.9. The van der Waals surface area contributed by atoms with Crippen molar-refractivity contribution in [3.05, 3.63) is 0 Å². The maximum absolute atomic E-state index is 2.47. The molecule has 1 aliphatic carbocycles. The molecule has 0 aromatic carbocycles. The van der Waals surface area contributed by atoms with Gasteiger partial charge in [-0.1, -0.05) is 67.7 Å². The van der Waals surface area contributed by atoms with Crippen LogP contribution in [0.15, 0.2) is 0 Å². The fourth-order valence-corrected chi connectivity index (χ4v) is 3.77. The Bertz CT molecular complexity index is 241. The Labute approximate surface area is 122 Å². The van der Waals surface area contributed by atoms with Gasteiger partial charge >= 0.3 is 0 Å². The summed E-state index contributed by atoms with van der Waals surface area (Å²) in [6, 6.07) is 0. The number of rotatable bonds is 7. The number of hydrogen-bond acceptors (Lipinski definition) is 0. The first-order valence-electron chi connectivity index (χ1n) is 8.74. The molecule has 1 aliphatic rings. The second-order valence-corrected chi connectivity index (χ2v) is 8.66. The molecule has 0 aromatic rings. The summed E-state index contributed by atoms with van der Waals surface area (Å²) < 4.78 is 0. The largest absolute Gasteiger partial charge is 0.0651 e. The molecule has 0 nitrogen and oxygen atoms in total. The molecule has 0 aliphatic heterocycles. The van der Waals surface area contributed by atoms with E-state index >= 15 is 0 Å². The molecular formula is C19H38. The molecule has 1 rings (SSSR count). The van der Waals surface area contributed by atoms with E-state index in [1.807, 2.05) is 0 Å². The van der Waals surface area contributed by atoms with Crippen molar-refractivity contribution in [1.29, 1.82) is 0 Å². The summed E-state index contributed by atoms with van der Waals surface area (Å²) in [5.41, 5.74) is 0.460. The second-order valence-electron chi connectivity index (χ2n) is 8.66. The van der Waals surface area contributed by atoms with Crippen LogP contribution in [0.3, 0.4) is 0 Å². The van der Waals surface area contributed by atoms with Crippen molar-refractivity contribution in [3.63, 3.8) is 0 Å². The zero-order valence-corrected chi connectivity index (χ0v) is 14.6.